The summed E-state index contributed by atoms with van der Waals surface area (Å²) in [7, 11) is 0. The number of primary amides is 1. The summed E-state index contributed by atoms with van der Waals surface area (Å²) in [5, 5.41) is 4.24. The first-order valence-electron chi connectivity index (χ1n) is 9.44. The predicted molar refractivity (Wildman–Crippen MR) is 122 cm³/mol. The highest BCUT2D eigenvalue weighted by Gasteiger charge is 2.33. The fourth-order valence-electron chi connectivity index (χ4n) is 3.62. The summed E-state index contributed by atoms with van der Waals surface area (Å²) in [6, 6.07) is 5.12. The molecule has 0 bridgehead atoms. The third-order valence-electron chi connectivity index (χ3n) is 5.34. The van der Waals surface area contributed by atoms with Crippen LogP contribution in [0.25, 0.3) is 6.08 Å². The van der Waals surface area contributed by atoms with Crippen LogP contribution in [-0.4, -0.2) is 11.8 Å². The molecule has 0 aliphatic heterocycles. The van der Waals surface area contributed by atoms with Crippen molar-refractivity contribution in [3.8, 4) is 0 Å². The molecule has 0 radical (unpaired) electrons. The van der Waals surface area contributed by atoms with Gasteiger partial charge >= 0.3 is 0 Å². The first-order chi connectivity index (χ1) is 13.6. The zero-order valence-corrected chi connectivity index (χ0v) is 19.0. The largest absolute Gasteiger partial charge is 0.365 e. The van der Waals surface area contributed by atoms with Gasteiger partial charge in [0.25, 0.3) is 5.91 Å². The van der Waals surface area contributed by atoms with Crippen molar-refractivity contribution in [1.82, 2.24) is 0 Å². The minimum absolute atomic E-state index is 0.195. The molecule has 1 aliphatic carbocycles. The van der Waals surface area contributed by atoms with E-state index in [1.807, 2.05) is 0 Å². The maximum absolute atomic E-state index is 12.4. The molecule has 2 aromatic rings. The van der Waals surface area contributed by atoms with Gasteiger partial charge in [-0.15, -0.1) is 11.3 Å². The van der Waals surface area contributed by atoms with E-state index < -0.39 is 5.91 Å². The topological polar surface area (TPSA) is 72.2 Å². The van der Waals surface area contributed by atoms with E-state index in [0.29, 0.717) is 26.5 Å². The SMILES string of the molecule is CC(C)(C)C1CCc2c(sc(NC(=O)/C=C/c3ccc(Cl)c(Cl)c3)c2C(N)=O)C1. The highest BCUT2D eigenvalue weighted by Crippen LogP contribution is 2.44. The van der Waals surface area contributed by atoms with Crippen LogP contribution in [-0.2, 0) is 17.6 Å². The van der Waals surface area contributed by atoms with E-state index in [-0.39, 0.29) is 11.3 Å². The van der Waals surface area contributed by atoms with E-state index in [1.54, 1.807) is 24.3 Å². The molecule has 3 N–H and O–H groups in total. The van der Waals surface area contributed by atoms with Crippen molar-refractivity contribution in [1.29, 1.82) is 0 Å². The van der Waals surface area contributed by atoms with Crippen LogP contribution in [0.1, 0.15) is 53.6 Å². The van der Waals surface area contributed by atoms with E-state index in [4.69, 9.17) is 28.9 Å². The van der Waals surface area contributed by atoms with Gasteiger partial charge in [-0.3, -0.25) is 9.59 Å². The second-order valence-corrected chi connectivity index (χ2v) is 10.3. The Hall–Kier alpha value is -1.82. The number of hydrogen-bond donors (Lipinski definition) is 2. The van der Waals surface area contributed by atoms with Gasteiger partial charge in [-0.05, 0) is 59.9 Å². The number of nitrogens with one attached hydrogen (secondary N) is 1. The Morgan fingerprint density at radius 3 is 2.59 bits per heavy atom. The fourth-order valence-corrected chi connectivity index (χ4v) is 5.26. The number of amides is 2. The Morgan fingerprint density at radius 1 is 1.24 bits per heavy atom. The van der Waals surface area contributed by atoms with Crippen molar-refractivity contribution in [3.05, 3.63) is 55.9 Å². The summed E-state index contributed by atoms with van der Waals surface area (Å²) in [4.78, 5) is 25.7. The molecule has 3 rings (SSSR count). The Bertz CT molecular complexity index is 989. The van der Waals surface area contributed by atoms with Gasteiger partial charge in [0.05, 0.1) is 15.6 Å². The molecule has 0 fully saturated rings. The average molecular weight is 451 g/mol. The number of halogens is 2. The quantitative estimate of drug-likeness (QED) is 0.564. The summed E-state index contributed by atoms with van der Waals surface area (Å²) in [6.45, 7) is 6.71. The third-order valence-corrected chi connectivity index (χ3v) is 7.25. The van der Waals surface area contributed by atoms with Gasteiger partial charge in [-0.2, -0.15) is 0 Å². The fraction of sp³-hybridized carbons (Fsp3) is 0.364. The average Bonchev–Trinajstić information content (AvgIpc) is 2.99. The molecule has 1 heterocycles. The van der Waals surface area contributed by atoms with Gasteiger partial charge in [0.1, 0.15) is 5.00 Å². The van der Waals surface area contributed by atoms with Gasteiger partial charge < -0.3 is 11.1 Å². The molecule has 4 nitrogen and oxygen atoms in total. The highest BCUT2D eigenvalue weighted by molar-refractivity contribution is 7.17. The minimum atomic E-state index is -0.500. The number of carbonyl (C=O) groups excluding carboxylic acids is 2. The van der Waals surface area contributed by atoms with Crippen LogP contribution in [0.15, 0.2) is 24.3 Å². The van der Waals surface area contributed by atoms with Crippen LogP contribution >= 0.6 is 34.5 Å². The maximum atomic E-state index is 12.4. The first kappa shape index (κ1) is 21.9. The number of nitrogens with two attached hydrogens (primary N) is 1. The number of hydrogen-bond acceptors (Lipinski definition) is 3. The van der Waals surface area contributed by atoms with E-state index in [2.05, 4.69) is 26.1 Å². The van der Waals surface area contributed by atoms with Crippen LogP contribution in [0, 0.1) is 11.3 Å². The summed E-state index contributed by atoms with van der Waals surface area (Å²) in [6.07, 6.45) is 5.77. The van der Waals surface area contributed by atoms with Crippen LogP contribution in [0.3, 0.4) is 0 Å². The van der Waals surface area contributed by atoms with Crippen LogP contribution in [0.5, 0.6) is 0 Å². The standard InChI is InChI=1S/C22H24Cl2N2O2S/c1-22(2,3)13-6-7-14-17(11-13)29-21(19(14)20(25)28)26-18(27)9-5-12-4-8-15(23)16(24)10-12/h4-5,8-10,13H,6-7,11H2,1-3H3,(H2,25,28)(H,26,27)/b9-5+. The van der Waals surface area contributed by atoms with E-state index in [1.165, 1.54) is 17.4 Å². The number of benzene rings is 1. The molecule has 1 aromatic heterocycles. The first-order valence-corrected chi connectivity index (χ1v) is 11.0. The van der Waals surface area contributed by atoms with Gasteiger partial charge in [-0.25, -0.2) is 0 Å². The molecule has 0 saturated heterocycles. The molecule has 0 saturated carbocycles. The molecule has 154 valence electrons. The molecule has 0 spiro atoms. The van der Waals surface area contributed by atoms with Gasteiger partial charge in [0.2, 0.25) is 5.91 Å². The molecule has 1 unspecified atom stereocenters. The Labute approximate surface area is 185 Å². The molecule has 29 heavy (non-hydrogen) atoms. The Balaban J connectivity index is 1.81. The molecule has 1 aromatic carbocycles. The van der Waals surface area contributed by atoms with Crippen molar-refractivity contribution in [2.75, 3.05) is 5.32 Å². The van der Waals surface area contributed by atoms with E-state index in [0.717, 1.165) is 35.3 Å². The van der Waals surface area contributed by atoms with Crippen molar-refractivity contribution >= 4 is 57.4 Å². The molecular formula is C22H24Cl2N2O2S. The summed E-state index contributed by atoms with van der Waals surface area (Å²) < 4.78 is 0. The van der Waals surface area contributed by atoms with Crippen LogP contribution < -0.4 is 11.1 Å². The summed E-state index contributed by atoms with van der Waals surface area (Å²) >= 11 is 13.4. The molecule has 2 amide bonds. The lowest BCUT2D eigenvalue weighted by molar-refractivity contribution is -0.111. The Kier molecular flexibility index (Phi) is 6.42. The van der Waals surface area contributed by atoms with Gasteiger partial charge in [0, 0.05) is 11.0 Å². The second-order valence-electron chi connectivity index (χ2n) is 8.37. The maximum Gasteiger partial charge on any atom is 0.251 e. The zero-order valence-electron chi connectivity index (χ0n) is 16.6. The van der Waals surface area contributed by atoms with Crippen molar-refractivity contribution in [3.63, 3.8) is 0 Å². The Morgan fingerprint density at radius 2 is 1.97 bits per heavy atom. The molecule has 1 aliphatic rings. The molecular weight excluding hydrogens is 427 g/mol. The van der Waals surface area contributed by atoms with Crippen LogP contribution in [0.2, 0.25) is 10.0 Å². The predicted octanol–water partition coefficient (Wildman–Crippen LogP) is 5.96. The lowest BCUT2D eigenvalue weighted by Crippen LogP contribution is -2.27. The number of anilines is 1. The van der Waals surface area contributed by atoms with Crippen molar-refractivity contribution in [2.45, 2.75) is 40.0 Å². The van der Waals surface area contributed by atoms with Crippen LogP contribution in [0.4, 0.5) is 5.00 Å². The van der Waals surface area contributed by atoms with Crippen molar-refractivity contribution < 1.29 is 9.59 Å². The second kappa shape index (κ2) is 8.50. The lowest BCUT2D eigenvalue weighted by Gasteiger charge is -2.33. The minimum Gasteiger partial charge on any atom is -0.365 e. The molecule has 1 atom stereocenters. The third kappa shape index (κ3) is 5.03. The normalized spacial score (nSPS) is 16.7. The number of carbonyl (C=O) groups is 2. The van der Waals surface area contributed by atoms with Gasteiger partial charge in [-0.1, -0.05) is 50.0 Å². The van der Waals surface area contributed by atoms with E-state index >= 15 is 0 Å². The number of rotatable bonds is 4. The number of thiophene rings is 1. The molecule has 7 heteroatoms. The monoisotopic (exact) mass is 450 g/mol. The van der Waals surface area contributed by atoms with Crippen molar-refractivity contribution in [2.24, 2.45) is 17.1 Å². The summed E-state index contributed by atoms with van der Waals surface area (Å²) in [5.41, 5.74) is 8.04. The van der Waals surface area contributed by atoms with Gasteiger partial charge in [0.15, 0.2) is 0 Å². The summed E-state index contributed by atoms with van der Waals surface area (Å²) in [5.74, 6) is -0.294. The highest BCUT2D eigenvalue weighted by atomic mass is 35.5. The number of fused-ring (bicyclic) bond motifs is 1. The van der Waals surface area contributed by atoms with E-state index in [9.17, 15) is 9.59 Å². The lowest BCUT2D eigenvalue weighted by atomic mass is 9.72. The zero-order chi connectivity index (χ0) is 21.3. The smallest absolute Gasteiger partial charge is 0.251 e.